The minimum absolute atomic E-state index is 0.0752. The molecule has 1 unspecified atom stereocenters. The Morgan fingerprint density at radius 3 is 2.74 bits per heavy atom. The molecule has 0 aliphatic carbocycles. The minimum atomic E-state index is -3.65. The van der Waals surface area contributed by atoms with Gasteiger partial charge in [0.2, 0.25) is 10.0 Å². The second-order valence-corrected chi connectivity index (χ2v) is 6.00. The van der Waals surface area contributed by atoms with Crippen molar-refractivity contribution in [2.45, 2.75) is 18.2 Å². The molecule has 0 radical (unpaired) electrons. The number of hydrogen-bond donors (Lipinski definition) is 2. The quantitative estimate of drug-likeness (QED) is 0.783. The van der Waals surface area contributed by atoms with Crippen LogP contribution in [-0.2, 0) is 14.8 Å². The molecule has 1 rings (SSSR count). The summed E-state index contributed by atoms with van der Waals surface area (Å²) in [6, 6.07) is 6.08. The highest BCUT2D eigenvalue weighted by molar-refractivity contribution is 7.89. The van der Waals surface area contributed by atoms with Crippen LogP contribution in [0.1, 0.15) is 13.3 Å². The Bertz CT molecular complexity index is 541. The molecule has 1 aromatic carbocycles. The summed E-state index contributed by atoms with van der Waals surface area (Å²) in [5.41, 5.74) is 0. The number of rotatable bonds is 7. The molecule has 1 atom stereocenters. The molecule has 0 aliphatic rings. The largest absolute Gasteiger partial charge is 0.497 e. The van der Waals surface area contributed by atoms with Crippen molar-refractivity contribution >= 4 is 16.0 Å². The van der Waals surface area contributed by atoms with Crippen molar-refractivity contribution in [1.82, 2.24) is 4.72 Å². The zero-order valence-electron chi connectivity index (χ0n) is 10.8. The molecule has 0 fully saturated rings. The van der Waals surface area contributed by atoms with Gasteiger partial charge in [-0.05, 0) is 18.1 Å². The molecule has 106 valence electrons. The van der Waals surface area contributed by atoms with Crippen LogP contribution in [0.5, 0.6) is 5.75 Å². The van der Waals surface area contributed by atoms with E-state index in [2.05, 4.69) is 4.72 Å². The summed E-state index contributed by atoms with van der Waals surface area (Å²) in [5, 5.41) is 8.60. The monoisotopic (exact) mass is 287 g/mol. The topological polar surface area (TPSA) is 92.7 Å². The lowest BCUT2D eigenvalue weighted by atomic mass is 10.1. The molecule has 0 amide bonds. The second-order valence-electron chi connectivity index (χ2n) is 4.23. The fourth-order valence-electron chi connectivity index (χ4n) is 1.47. The third kappa shape index (κ3) is 4.88. The van der Waals surface area contributed by atoms with Crippen molar-refractivity contribution in [1.29, 1.82) is 0 Å². The molecule has 0 heterocycles. The van der Waals surface area contributed by atoms with Crippen LogP contribution in [0.3, 0.4) is 0 Å². The first-order valence-electron chi connectivity index (χ1n) is 5.70. The van der Waals surface area contributed by atoms with Crippen LogP contribution in [0.2, 0.25) is 0 Å². The van der Waals surface area contributed by atoms with Gasteiger partial charge in [-0.15, -0.1) is 0 Å². The maximum atomic E-state index is 12.0. The first-order valence-corrected chi connectivity index (χ1v) is 7.19. The average molecular weight is 287 g/mol. The van der Waals surface area contributed by atoms with E-state index in [1.807, 2.05) is 0 Å². The zero-order valence-corrected chi connectivity index (χ0v) is 11.6. The van der Waals surface area contributed by atoms with Gasteiger partial charge in [0, 0.05) is 19.0 Å². The van der Waals surface area contributed by atoms with E-state index >= 15 is 0 Å². The molecular weight excluding hydrogens is 270 g/mol. The van der Waals surface area contributed by atoms with Crippen LogP contribution in [0, 0.1) is 5.92 Å². The number of carboxylic acid groups (broad SMARTS) is 1. The summed E-state index contributed by atoms with van der Waals surface area (Å²) < 4.78 is 31.3. The van der Waals surface area contributed by atoms with Crippen LogP contribution in [0.15, 0.2) is 29.2 Å². The number of carboxylic acids is 1. The number of nitrogens with one attached hydrogen (secondary N) is 1. The van der Waals surface area contributed by atoms with Gasteiger partial charge >= 0.3 is 5.97 Å². The molecule has 0 aromatic heterocycles. The van der Waals surface area contributed by atoms with Crippen molar-refractivity contribution in [2.75, 3.05) is 13.7 Å². The highest BCUT2D eigenvalue weighted by Gasteiger charge is 2.16. The molecule has 0 bridgehead atoms. The van der Waals surface area contributed by atoms with E-state index < -0.39 is 16.0 Å². The summed E-state index contributed by atoms with van der Waals surface area (Å²) >= 11 is 0. The van der Waals surface area contributed by atoms with E-state index in [9.17, 15) is 13.2 Å². The normalized spacial score (nSPS) is 12.9. The molecule has 0 saturated heterocycles. The van der Waals surface area contributed by atoms with Crippen LogP contribution in [0.4, 0.5) is 0 Å². The second kappa shape index (κ2) is 6.53. The highest BCUT2D eigenvalue weighted by atomic mass is 32.2. The fraction of sp³-hybridized carbons (Fsp3) is 0.417. The predicted molar refractivity (Wildman–Crippen MR) is 69.6 cm³/mol. The van der Waals surface area contributed by atoms with Gasteiger partial charge in [0.15, 0.2) is 0 Å². The smallest absolute Gasteiger partial charge is 0.303 e. The number of aliphatic carboxylic acids is 1. The van der Waals surface area contributed by atoms with E-state index in [1.54, 1.807) is 19.1 Å². The fourth-order valence-corrected chi connectivity index (χ4v) is 2.67. The summed E-state index contributed by atoms with van der Waals surface area (Å²) in [6.07, 6.45) is -0.0827. The maximum absolute atomic E-state index is 12.0. The van der Waals surface area contributed by atoms with Crippen molar-refractivity contribution in [3.8, 4) is 5.75 Å². The summed E-state index contributed by atoms with van der Waals surface area (Å²) in [4.78, 5) is 10.6. The SMILES string of the molecule is COc1cccc(S(=O)(=O)NCC(C)CC(=O)O)c1. The van der Waals surface area contributed by atoms with Crippen molar-refractivity contribution < 1.29 is 23.1 Å². The number of sulfonamides is 1. The molecule has 1 aromatic rings. The molecule has 2 N–H and O–H groups in total. The Hall–Kier alpha value is -1.60. The van der Waals surface area contributed by atoms with Gasteiger partial charge in [-0.25, -0.2) is 13.1 Å². The zero-order chi connectivity index (χ0) is 14.5. The van der Waals surface area contributed by atoms with Crippen molar-refractivity contribution in [3.05, 3.63) is 24.3 Å². The molecular formula is C12H17NO5S. The van der Waals surface area contributed by atoms with Gasteiger partial charge in [-0.1, -0.05) is 13.0 Å². The average Bonchev–Trinajstić information content (AvgIpc) is 2.36. The predicted octanol–water partition coefficient (Wildman–Crippen LogP) is 1.08. The highest BCUT2D eigenvalue weighted by Crippen LogP contribution is 2.17. The van der Waals surface area contributed by atoms with E-state index in [0.717, 1.165) is 0 Å². The number of hydrogen-bond acceptors (Lipinski definition) is 4. The Kier molecular flexibility index (Phi) is 5.31. The van der Waals surface area contributed by atoms with Gasteiger partial charge < -0.3 is 9.84 Å². The van der Waals surface area contributed by atoms with E-state index in [-0.39, 0.29) is 23.8 Å². The Balaban J connectivity index is 2.72. The van der Waals surface area contributed by atoms with Gasteiger partial charge in [0.05, 0.1) is 12.0 Å². The summed E-state index contributed by atoms with van der Waals surface area (Å²) in [5.74, 6) is -0.785. The Labute approximate surface area is 112 Å². The number of ether oxygens (including phenoxy) is 1. The van der Waals surface area contributed by atoms with Crippen LogP contribution < -0.4 is 9.46 Å². The number of carbonyl (C=O) groups is 1. The molecule has 0 saturated carbocycles. The minimum Gasteiger partial charge on any atom is -0.497 e. The van der Waals surface area contributed by atoms with Crippen LogP contribution >= 0.6 is 0 Å². The van der Waals surface area contributed by atoms with E-state index in [0.29, 0.717) is 5.75 Å². The van der Waals surface area contributed by atoms with Crippen molar-refractivity contribution in [3.63, 3.8) is 0 Å². The summed E-state index contributed by atoms with van der Waals surface area (Å²) in [6.45, 7) is 1.74. The van der Waals surface area contributed by atoms with Gasteiger partial charge in [0.25, 0.3) is 0 Å². The van der Waals surface area contributed by atoms with Crippen LogP contribution in [0.25, 0.3) is 0 Å². The third-order valence-electron chi connectivity index (χ3n) is 2.50. The lowest BCUT2D eigenvalue weighted by molar-refractivity contribution is -0.137. The van der Waals surface area contributed by atoms with Gasteiger partial charge in [0.1, 0.15) is 5.75 Å². The van der Waals surface area contributed by atoms with Gasteiger partial charge in [-0.3, -0.25) is 4.79 Å². The maximum Gasteiger partial charge on any atom is 0.303 e. The molecule has 0 spiro atoms. The lowest BCUT2D eigenvalue weighted by Crippen LogP contribution is -2.29. The number of methoxy groups -OCH3 is 1. The third-order valence-corrected chi connectivity index (χ3v) is 3.92. The molecule has 7 heteroatoms. The van der Waals surface area contributed by atoms with Gasteiger partial charge in [-0.2, -0.15) is 0 Å². The van der Waals surface area contributed by atoms with E-state index in [1.165, 1.54) is 19.2 Å². The Morgan fingerprint density at radius 1 is 1.47 bits per heavy atom. The Morgan fingerprint density at radius 2 is 2.16 bits per heavy atom. The molecule has 6 nitrogen and oxygen atoms in total. The summed E-state index contributed by atoms with van der Waals surface area (Å²) in [7, 11) is -2.19. The van der Waals surface area contributed by atoms with E-state index in [4.69, 9.17) is 9.84 Å². The van der Waals surface area contributed by atoms with Crippen molar-refractivity contribution in [2.24, 2.45) is 5.92 Å². The molecule has 19 heavy (non-hydrogen) atoms. The molecule has 0 aliphatic heterocycles. The van der Waals surface area contributed by atoms with Crippen LogP contribution in [-0.4, -0.2) is 33.1 Å². The standard InChI is InChI=1S/C12H17NO5S/c1-9(6-12(14)15)8-13-19(16,17)11-5-3-4-10(7-11)18-2/h3-5,7,9,13H,6,8H2,1-2H3,(H,14,15). The lowest BCUT2D eigenvalue weighted by Gasteiger charge is -2.11. The number of benzene rings is 1. The first-order chi connectivity index (χ1) is 8.85. The first kappa shape index (κ1) is 15.5.